The van der Waals surface area contributed by atoms with Crippen LogP contribution in [0.4, 0.5) is 11.6 Å². The summed E-state index contributed by atoms with van der Waals surface area (Å²) in [5.41, 5.74) is 6.66. The number of para-hydroxylation sites is 1. The molecule has 0 spiro atoms. The first kappa shape index (κ1) is 27.7. The first-order chi connectivity index (χ1) is 20.7. The summed E-state index contributed by atoms with van der Waals surface area (Å²) in [5.74, 6) is -0.330. The fourth-order valence-corrected chi connectivity index (χ4v) is 5.79. The average Bonchev–Trinajstić information content (AvgIpc) is 3.00. The lowest BCUT2D eigenvalue weighted by Gasteiger charge is -2.12. The Bertz CT molecular complexity index is 2040. The summed E-state index contributed by atoms with van der Waals surface area (Å²) in [7, 11) is -3.93. The van der Waals surface area contributed by atoms with Crippen molar-refractivity contribution >= 4 is 38.5 Å². The summed E-state index contributed by atoms with van der Waals surface area (Å²) in [6, 6.07) is 35.1. The van der Waals surface area contributed by atoms with Crippen molar-refractivity contribution in [2.24, 2.45) is 0 Å². The van der Waals surface area contributed by atoms with E-state index >= 15 is 0 Å². The van der Waals surface area contributed by atoms with Crippen molar-refractivity contribution in [3.8, 4) is 22.4 Å². The predicted molar refractivity (Wildman–Crippen MR) is 169 cm³/mol. The number of nitrogens with zero attached hydrogens (tertiary/aromatic N) is 3. The van der Waals surface area contributed by atoms with Crippen LogP contribution in [0.5, 0.6) is 0 Å². The van der Waals surface area contributed by atoms with Crippen LogP contribution >= 0.6 is 0 Å². The lowest BCUT2D eigenvalue weighted by atomic mass is 10.0. The molecule has 4 aromatic carbocycles. The maximum absolute atomic E-state index is 13.6. The van der Waals surface area contributed by atoms with Crippen LogP contribution in [-0.4, -0.2) is 29.3 Å². The molecule has 6 aromatic rings. The van der Waals surface area contributed by atoms with E-state index < -0.39 is 10.0 Å². The van der Waals surface area contributed by atoms with Gasteiger partial charge >= 0.3 is 0 Å². The van der Waals surface area contributed by atoms with Crippen LogP contribution in [0.2, 0.25) is 0 Å². The Morgan fingerprint density at radius 3 is 1.95 bits per heavy atom. The maximum Gasteiger partial charge on any atom is 0.264 e. The molecule has 0 fully saturated rings. The summed E-state index contributed by atoms with van der Waals surface area (Å²) in [5, 5.41) is 3.61. The fourth-order valence-electron chi connectivity index (χ4n) is 4.84. The van der Waals surface area contributed by atoms with Crippen LogP contribution in [0.1, 0.15) is 21.7 Å². The Labute approximate surface area is 249 Å². The van der Waals surface area contributed by atoms with Crippen LogP contribution in [0.3, 0.4) is 0 Å². The molecule has 43 heavy (non-hydrogen) atoms. The van der Waals surface area contributed by atoms with Crippen molar-refractivity contribution in [3.63, 3.8) is 0 Å². The molecule has 0 aliphatic carbocycles. The monoisotopic (exact) mass is 585 g/mol. The highest BCUT2D eigenvalue weighted by Crippen LogP contribution is 2.28. The molecule has 0 bridgehead atoms. The molecule has 2 N–H and O–H groups in total. The number of anilines is 2. The highest BCUT2D eigenvalue weighted by atomic mass is 32.2. The fraction of sp³-hybridized carbons (Fsp3) is 0.0588. The van der Waals surface area contributed by atoms with Crippen LogP contribution in [0.25, 0.3) is 33.3 Å². The van der Waals surface area contributed by atoms with Gasteiger partial charge in [-0.25, -0.2) is 28.1 Å². The minimum absolute atomic E-state index is 0.00459. The topological polar surface area (TPSA) is 114 Å². The number of amides is 1. The van der Waals surface area contributed by atoms with E-state index in [2.05, 4.69) is 32.1 Å². The number of rotatable bonds is 7. The molecule has 0 radical (unpaired) electrons. The predicted octanol–water partition coefficient (Wildman–Crippen LogP) is 7.03. The van der Waals surface area contributed by atoms with Crippen molar-refractivity contribution in [2.75, 3.05) is 10.0 Å². The van der Waals surface area contributed by atoms with E-state index in [1.807, 2.05) is 66.7 Å². The third kappa shape index (κ3) is 6.12. The number of hydrogen-bond donors (Lipinski definition) is 2. The van der Waals surface area contributed by atoms with Gasteiger partial charge < -0.3 is 5.32 Å². The third-order valence-electron chi connectivity index (χ3n) is 6.88. The molecule has 0 saturated heterocycles. The van der Waals surface area contributed by atoms with E-state index in [1.165, 1.54) is 12.1 Å². The summed E-state index contributed by atoms with van der Waals surface area (Å²) < 4.78 is 28.2. The lowest BCUT2D eigenvalue weighted by molar-refractivity contribution is 0.102. The second kappa shape index (κ2) is 11.5. The lowest BCUT2D eigenvalue weighted by Crippen LogP contribution is -2.16. The molecular formula is C34H27N5O3S. The number of hydrogen-bond acceptors (Lipinski definition) is 6. The van der Waals surface area contributed by atoms with Crippen molar-refractivity contribution in [1.82, 2.24) is 15.0 Å². The van der Waals surface area contributed by atoms with Gasteiger partial charge in [-0.1, -0.05) is 72.8 Å². The second-order valence-corrected chi connectivity index (χ2v) is 11.8. The number of pyridine rings is 1. The van der Waals surface area contributed by atoms with E-state index in [1.54, 1.807) is 38.1 Å². The van der Waals surface area contributed by atoms with E-state index in [0.717, 1.165) is 16.7 Å². The van der Waals surface area contributed by atoms with Gasteiger partial charge in [0, 0.05) is 28.0 Å². The zero-order valence-corrected chi connectivity index (χ0v) is 24.3. The average molecular weight is 586 g/mol. The van der Waals surface area contributed by atoms with Gasteiger partial charge in [0.25, 0.3) is 15.9 Å². The minimum Gasteiger partial charge on any atom is -0.322 e. The van der Waals surface area contributed by atoms with Crippen molar-refractivity contribution in [2.45, 2.75) is 18.7 Å². The SMILES string of the molecule is Cc1cc(C)nc(NS(=O)(=O)c2ccc(NC(=O)c3cc(-c4ccc(-c5ccccc5)cc4)nc4ccccc34)cc2)n1. The molecule has 0 saturated carbocycles. The second-order valence-electron chi connectivity index (χ2n) is 10.1. The number of carbonyl (C=O) groups excluding carboxylic acids is 1. The molecule has 2 aromatic heterocycles. The van der Waals surface area contributed by atoms with Gasteiger partial charge in [-0.05, 0) is 67.4 Å². The Hall–Kier alpha value is -5.41. The van der Waals surface area contributed by atoms with Gasteiger partial charge in [-0.15, -0.1) is 0 Å². The molecule has 2 heterocycles. The number of carbonyl (C=O) groups is 1. The van der Waals surface area contributed by atoms with Gasteiger partial charge in [0.15, 0.2) is 0 Å². The highest BCUT2D eigenvalue weighted by Gasteiger charge is 2.18. The molecule has 9 heteroatoms. The Morgan fingerprint density at radius 2 is 1.26 bits per heavy atom. The zero-order valence-electron chi connectivity index (χ0n) is 23.4. The summed E-state index contributed by atoms with van der Waals surface area (Å²) in [6.45, 7) is 3.53. The van der Waals surface area contributed by atoms with Crippen LogP contribution in [0.15, 0.2) is 120 Å². The largest absolute Gasteiger partial charge is 0.322 e. The van der Waals surface area contributed by atoms with E-state index in [0.29, 0.717) is 39.2 Å². The van der Waals surface area contributed by atoms with Gasteiger partial charge in [0.1, 0.15) is 0 Å². The van der Waals surface area contributed by atoms with Crippen LogP contribution < -0.4 is 10.0 Å². The Morgan fingerprint density at radius 1 is 0.651 bits per heavy atom. The molecule has 0 aliphatic heterocycles. The van der Waals surface area contributed by atoms with Gasteiger partial charge in [0.2, 0.25) is 5.95 Å². The Balaban J connectivity index is 1.25. The maximum atomic E-state index is 13.6. The standard InChI is InChI=1S/C34H27N5O3S/c1-22-20-23(2)36-34(35-22)39-43(41,42)28-18-16-27(17-19-28)37-33(40)30-21-32(38-31-11-7-6-10-29(30)31)26-14-12-25(13-15-26)24-8-4-3-5-9-24/h3-21H,1-2H3,(H,37,40)(H,35,36,39). The number of aromatic nitrogens is 3. The van der Waals surface area contributed by atoms with Crippen molar-refractivity contribution < 1.29 is 13.2 Å². The van der Waals surface area contributed by atoms with E-state index in [9.17, 15) is 13.2 Å². The van der Waals surface area contributed by atoms with E-state index in [4.69, 9.17) is 4.98 Å². The summed E-state index contributed by atoms with van der Waals surface area (Å²) in [4.78, 5) is 26.7. The summed E-state index contributed by atoms with van der Waals surface area (Å²) >= 11 is 0. The smallest absolute Gasteiger partial charge is 0.264 e. The minimum atomic E-state index is -3.93. The quantitative estimate of drug-likeness (QED) is 0.208. The molecule has 0 atom stereocenters. The molecule has 6 rings (SSSR count). The van der Waals surface area contributed by atoms with Crippen molar-refractivity contribution in [1.29, 1.82) is 0 Å². The van der Waals surface area contributed by atoms with Crippen LogP contribution in [-0.2, 0) is 10.0 Å². The number of sulfonamides is 1. The molecule has 1 amide bonds. The van der Waals surface area contributed by atoms with E-state index in [-0.39, 0.29) is 16.8 Å². The first-order valence-corrected chi connectivity index (χ1v) is 15.1. The molecule has 212 valence electrons. The summed E-state index contributed by atoms with van der Waals surface area (Å²) in [6.07, 6.45) is 0. The number of aryl methyl sites for hydroxylation is 2. The Kier molecular flexibility index (Phi) is 7.40. The van der Waals surface area contributed by atoms with Crippen LogP contribution in [0, 0.1) is 13.8 Å². The zero-order chi connectivity index (χ0) is 30.0. The third-order valence-corrected chi connectivity index (χ3v) is 8.22. The molecule has 0 unspecified atom stereocenters. The number of benzene rings is 4. The van der Waals surface area contributed by atoms with Gasteiger partial charge in [-0.2, -0.15) is 0 Å². The molecular weight excluding hydrogens is 558 g/mol. The number of fused-ring (bicyclic) bond motifs is 1. The van der Waals surface area contributed by atoms with Crippen molar-refractivity contribution in [3.05, 3.63) is 132 Å². The van der Waals surface area contributed by atoms with Gasteiger partial charge in [-0.3, -0.25) is 4.79 Å². The first-order valence-electron chi connectivity index (χ1n) is 13.6. The normalized spacial score (nSPS) is 11.3. The molecule has 8 nitrogen and oxygen atoms in total. The van der Waals surface area contributed by atoms with Gasteiger partial charge in [0.05, 0.1) is 21.7 Å². The number of nitrogens with one attached hydrogen (secondary N) is 2. The molecule has 0 aliphatic rings. The highest BCUT2D eigenvalue weighted by molar-refractivity contribution is 7.92.